The molecule has 0 aliphatic heterocycles. The Morgan fingerprint density at radius 3 is 2.68 bits per heavy atom. The minimum absolute atomic E-state index is 0.285. The molecule has 0 bridgehead atoms. The number of imide groups is 1. The fourth-order valence-corrected chi connectivity index (χ4v) is 1.55. The molecule has 104 valence electrons. The predicted octanol–water partition coefficient (Wildman–Crippen LogP) is 2.61. The first-order valence-electron chi connectivity index (χ1n) is 5.64. The van der Waals surface area contributed by atoms with Crippen molar-refractivity contribution >= 4 is 35.1 Å². The standard InChI is InChI=1S/C12H14Cl2N2O3/c1-3-15-12(18)16-11(17)7(2)19-10-6-8(13)4-5-9(10)14/h4-7H,3H2,1-2H3,(H2,15,16,17,18)/t7-/m0/s1. The van der Waals surface area contributed by atoms with Gasteiger partial charge in [-0.3, -0.25) is 10.1 Å². The number of amides is 3. The van der Waals surface area contributed by atoms with Crippen molar-refractivity contribution in [2.45, 2.75) is 20.0 Å². The lowest BCUT2D eigenvalue weighted by Gasteiger charge is -2.15. The van der Waals surface area contributed by atoms with Crippen LogP contribution in [-0.2, 0) is 4.79 Å². The lowest BCUT2D eigenvalue weighted by Crippen LogP contribution is -2.45. The second-order valence-electron chi connectivity index (χ2n) is 3.68. The van der Waals surface area contributed by atoms with Crippen molar-refractivity contribution < 1.29 is 14.3 Å². The molecule has 19 heavy (non-hydrogen) atoms. The third-order valence-electron chi connectivity index (χ3n) is 2.14. The van der Waals surface area contributed by atoms with Gasteiger partial charge in [-0.25, -0.2) is 4.79 Å². The molecule has 0 aromatic heterocycles. The molecule has 0 aliphatic rings. The highest BCUT2D eigenvalue weighted by Gasteiger charge is 2.18. The molecule has 2 N–H and O–H groups in total. The number of hydrogen-bond donors (Lipinski definition) is 2. The van der Waals surface area contributed by atoms with E-state index >= 15 is 0 Å². The topological polar surface area (TPSA) is 67.4 Å². The smallest absolute Gasteiger partial charge is 0.321 e. The van der Waals surface area contributed by atoms with E-state index in [1.54, 1.807) is 19.1 Å². The Hall–Kier alpha value is -1.46. The summed E-state index contributed by atoms with van der Waals surface area (Å²) in [4.78, 5) is 22.8. The summed E-state index contributed by atoms with van der Waals surface area (Å²) in [5, 5.41) is 5.36. The summed E-state index contributed by atoms with van der Waals surface area (Å²) in [6.45, 7) is 3.68. The molecular weight excluding hydrogens is 291 g/mol. The zero-order valence-corrected chi connectivity index (χ0v) is 12.0. The lowest BCUT2D eigenvalue weighted by molar-refractivity contribution is -0.126. The number of rotatable bonds is 4. The van der Waals surface area contributed by atoms with Gasteiger partial charge in [0.1, 0.15) is 5.75 Å². The van der Waals surface area contributed by atoms with E-state index in [1.807, 2.05) is 0 Å². The molecule has 1 rings (SSSR count). The van der Waals surface area contributed by atoms with Gasteiger partial charge >= 0.3 is 6.03 Å². The Balaban J connectivity index is 2.63. The van der Waals surface area contributed by atoms with Gasteiger partial charge in [0.05, 0.1) is 5.02 Å². The van der Waals surface area contributed by atoms with Crippen molar-refractivity contribution in [2.75, 3.05) is 6.54 Å². The number of nitrogens with one attached hydrogen (secondary N) is 2. The van der Waals surface area contributed by atoms with Gasteiger partial charge < -0.3 is 10.1 Å². The molecule has 0 fully saturated rings. The Bertz CT molecular complexity index is 480. The number of carbonyl (C=O) groups excluding carboxylic acids is 2. The number of carbonyl (C=O) groups is 2. The Morgan fingerprint density at radius 1 is 1.37 bits per heavy atom. The quantitative estimate of drug-likeness (QED) is 0.898. The normalized spacial score (nSPS) is 11.6. The first kappa shape index (κ1) is 15.6. The minimum atomic E-state index is -0.876. The monoisotopic (exact) mass is 304 g/mol. The van der Waals surface area contributed by atoms with Crippen LogP contribution in [0.4, 0.5) is 4.79 Å². The summed E-state index contributed by atoms with van der Waals surface area (Å²) in [7, 11) is 0. The average Bonchev–Trinajstić information content (AvgIpc) is 2.34. The lowest BCUT2D eigenvalue weighted by atomic mass is 10.3. The highest BCUT2D eigenvalue weighted by molar-refractivity contribution is 6.34. The minimum Gasteiger partial charge on any atom is -0.479 e. The first-order valence-corrected chi connectivity index (χ1v) is 6.40. The summed E-state index contributed by atoms with van der Waals surface area (Å²) in [6, 6.07) is 4.10. The molecule has 1 aromatic rings. The molecule has 1 aromatic carbocycles. The molecule has 0 radical (unpaired) electrons. The van der Waals surface area contributed by atoms with E-state index in [9.17, 15) is 9.59 Å². The van der Waals surface area contributed by atoms with Crippen molar-refractivity contribution in [3.63, 3.8) is 0 Å². The fourth-order valence-electron chi connectivity index (χ4n) is 1.23. The number of benzene rings is 1. The predicted molar refractivity (Wildman–Crippen MR) is 73.8 cm³/mol. The summed E-state index contributed by atoms with van der Waals surface area (Å²) in [5.41, 5.74) is 0. The van der Waals surface area contributed by atoms with E-state index < -0.39 is 18.0 Å². The molecule has 0 heterocycles. The van der Waals surface area contributed by atoms with Gasteiger partial charge in [-0.05, 0) is 26.0 Å². The van der Waals surface area contributed by atoms with Gasteiger partial charge in [-0.1, -0.05) is 23.2 Å². The van der Waals surface area contributed by atoms with Crippen LogP contribution in [-0.4, -0.2) is 24.6 Å². The van der Waals surface area contributed by atoms with Crippen LogP contribution in [0.5, 0.6) is 5.75 Å². The molecule has 1 atom stereocenters. The van der Waals surface area contributed by atoms with E-state index in [2.05, 4.69) is 10.6 Å². The maximum atomic E-state index is 11.7. The summed E-state index contributed by atoms with van der Waals surface area (Å²) >= 11 is 11.7. The van der Waals surface area contributed by atoms with Crippen molar-refractivity contribution in [1.82, 2.24) is 10.6 Å². The largest absolute Gasteiger partial charge is 0.479 e. The summed E-state index contributed by atoms with van der Waals surface area (Å²) in [5.74, 6) is -0.283. The molecule has 0 saturated heterocycles. The molecule has 0 unspecified atom stereocenters. The third-order valence-corrected chi connectivity index (χ3v) is 2.69. The highest BCUT2D eigenvalue weighted by atomic mass is 35.5. The SMILES string of the molecule is CCNC(=O)NC(=O)[C@H](C)Oc1cc(Cl)ccc1Cl. The molecule has 0 spiro atoms. The van der Waals surface area contributed by atoms with Gasteiger partial charge in [-0.15, -0.1) is 0 Å². The fraction of sp³-hybridized carbons (Fsp3) is 0.333. The Morgan fingerprint density at radius 2 is 2.05 bits per heavy atom. The molecule has 7 heteroatoms. The van der Waals surface area contributed by atoms with Crippen molar-refractivity contribution in [3.05, 3.63) is 28.2 Å². The van der Waals surface area contributed by atoms with Crippen molar-refractivity contribution in [2.24, 2.45) is 0 Å². The van der Waals surface area contributed by atoms with Gasteiger partial charge in [0.15, 0.2) is 6.10 Å². The van der Waals surface area contributed by atoms with Crippen LogP contribution in [0.25, 0.3) is 0 Å². The average molecular weight is 305 g/mol. The number of hydrogen-bond acceptors (Lipinski definition) is 3. The Kier molecular flexibility index (Phi) is 5.92. The van der Waals surface area contributed by atoms with Crippen LogP contribution in [0.2, 0.25) is 10.0 Å². The van der Waals surface area contributed by atoms with Gasteiger partial charge in [0.2, 0.25) is 0 Å². The molecule has 0 aliphatic carbocycles. The van der Waals surface area contributed by atoms with Crippen LogP contribution in [0.1, 0.15) is 13.8 Å². The van der Waals surface area contributed by atoms with E-state index in [0.717, 1.165) is 0 Å². The molecular formula is C12H14Cl2N2O3. The third kappa shape index (κ3) is 4.96. The van der Waals surface area contributed by atoms with Crippen LogP contribution in [0.15, 0.2) is 18.2 Å². The van der Waals surface area contributed by atoms with E-state index in [0.29, 0.717) is 16.6 Å². The van der Waals surface area contributed by atoms with Gasteiger partial charge in [0, 0.05) is 17.6 Å². The van der Waals surface area contributed by atoms with Gasteiger partial charge in [-0.2, -0.15) is 0 Å². The molecule has 0 saturated carbocycles. The van der Waals surface area contributed by atoms with Crippen LogP contribution in [0, 0.1) is 0 Å². The number of halogens is 2. The van der Waals surface area contributed by atoms with Crippen molar-refractivity contribution in [3.8, 4) is 5.75 Å². The van der Waals surface area contributed by atoms with E-state index in [-0.39, 0.29) is 5.75 Å². The van der Waals surface area contributed by atoms with Crippen LogP contribution in [0.3, 0.4) is 0 Å². The maximum absolute atomic E-state index is 11.7. The highest BCUT2D eigenvalue weighted by Crippen LogP contribution is 2.28. The zero-order valence-electron chi connectivity index (χ0n) is 10.5. The van der Waals surface area contributed by atoms with Gasteiger partial charge in [0.25, 0.3) is 5.91 Å². The second kappa shape index (κ2) is 7.21. The second-order valence-corrected chi connectivity index (χ2v) is 4.53. The summed E-state index contributed by atoms with van der Waals surface area (Å²) < 4.78 is 5.36. The first-order chi connectivity index (χ1) is 8.93. The van der Waals surface area contributed by atoms with E-state index in [4.69, 9.17) is 27.9 Å². The number of ether oxygens (including phenoxy) is 1. The van der Waals surface area contributed by atoms with Crippen molar-refractivity contribution in [1.29, 1.82) is 0 Å². The maximum Gasteiger partial charge on any atom is 0.321 e. The summed E-state index contributed by atoms with van der Waals surface area (Å²) in [6.07, 6.45) is -0.876. The zero-order chi connectivity index (χ0) is 14.4. The van der Waals surface area contributed by atoms with E-state index in [1.165, 1.54) is 13.0 Å². The molecule has 5 nitrogen and oxygen atoms in total. The Labute approximate surface area is 121 Å². The van der Waals surface area contributed by atoms with Crippen LogP contribution < -0.4 is 15.4 Å². The number of urea groups is 1. The van der Waals surface area contributed by atoms with Crippen LogP contribution >= 0.6 is 23.2 Å². The molecule has 3 amide bonds.